The number of imidazole rings is 1. The summed E-state index contributed by atoms with van der Waals surface area (Å²) in [5.74, 6) is -0.303. The van der Waals surface area contributed by atoms with E-state index in [1.807, 2.05) is 77.5 Å². The zero-order valence-electron chi connectivity index (χ0n) is 24.7. The van der Waals surface area contributed by atoms with E-state index in [9.17, 15) is 14.4 Å². The smallest absolute Gasteiger partial charge is 0.266 e. The fraction of sp³-hybridized carbons (Fsp3) is 0.0270. The summed E-state index contributed by atoms with van der Waals surface area (Å²) in [4.78, 5) is 59.1. The summed E-state index contributed by atoms with van der Waals surface area (Å²) in [6.07, 6.45) is 0.724. The van der Waals surface area contributed by atoms with E-state index < -0.39 is 0 Å². The second kappa shape index (κ2) is 10.3. The van der Waals surface area contributed by atoms with Crippen molar-refractivity contribution in [1.29, 1.82) is 0 Å². The molecule has 0 fully saturated rings. The van der Waals surface area contributed by atoms with Gasteiger partial charge in [-0.05, 0) is 64.0 Å². The monoisotopic (exact) mass is 647 g/mol. The Labute approximate surface area is 274 Å². The Morgan fingerprint density at radius 2 is 1.47 bits per heavy atom. The van der Waals surface area contributed by atoms with Crippen LogP contribution in [0.25, 0.3) is 70.4 Å². The molecule has 0 spiro atoms. The zero-order chi connectivity index (χ0) is 31.8. The third kappa shape index (κ3) is 4.05. The number of hydrogen-bond acceptors (Lipinski definition) is 8. The van der Waals surface area contributed by atoms with E-state index in [0.717, 1.165) is 26.8 Å². The average Bonchev–Trinajstić information content (AvgIpc) is 3.91. The number of carbonyl (C=O) groups excluding carboxylic acids is 2. The van der Waals surface area contributed by atoms with Gasteiger partial charge in [-0.25, -0.2) is 19.4 Å². The molecule has 9 rings (SSSR count). The summed E-state index contributed by atoms with van der Waals surface area (Å²) in [7, 11) is 1.71. The van der Waals surface area contributed by atoms with Gasteiger partial charge in [0.2, 0.25) is 0 Å². The number of fused-ring (bicyclic) bond motifs is 5. The van der Waals surface area contributed by atoms with Crippen LogP contribution in [-0.4, -0.2) is 38.6 Å². The van der Waals surface area contributed by atoms with Crippen molar-refractivity contribution in [2.75, 3.05) is 11.9 Å². The van der Waals surface area contributed by atoms with Crippen molar-refractivity contribution in [3.63, 3.8) is 0 Å². The maximum atomic E-state index is 14.3. The lowest BCUT2D eigenvalue weighted by Gasteiger charge is -2.20. The second-order valence-electron chi connectivity index (χ2n) is 11.2. The number of pyridine rings is 1. The first-order valence-corrected chi connectivity index (χ1v) is 16.5. The van der Waals surface area contributed by atoms with E-state index in [-0.39, 0.29) is 11.5 Å². The van der Waals surface area contributed by atoms with Crippen LogP contribution >= 0.6 is 22.7 Å². The summed E-state index contributed by atoms with van der Waals surface area (Å²) in [5, 5.41) is 7.95. The van der Waals surface area contributed by atoms with E-state index >= 15 is 0 Å². The van der Waals surface area contributed by atoms with Crippen molar-refractivity contribution >= 4 is 89.8 Å². The third-order valence-corrected chi connectivity index (χ3v) is 10.4. The fourth-order valence-corrected chi connectivity index (χ4v) is 7.83. The number of amides is 1. The van der Waals surface area contributed by atoms with Crippen molar-refractivity contribution in [2.24, 2.45) is 0 Å². The summed E-state index contributed by atoms with van der Waals surface area (Å²) in [6.45, 7) is 0. The molecule has 0 aliphatic heterocycles. The van der Waals surface area contributed by atoms with Crippen LogP contribution in [-0.2, 0) is 0 Å². The largest absolute Gasteiger partial charge is 0.311 e. The predicted molar refractivity (Wildman–Crippen MR) is 189 cm³/mol. The molecule has 10 heteroatoms. The molecule has 0 aliphatic carbocycles. The predicted octanol–water partition coefficient (Wildman–Crippen LogP) is 8.08. The van der Waals surface area contributed by atoms with E-state index in [2.05, 4.69) is 0 Å². The van der Waals surface area contributed by atoms with Gasteiger partial charge in [0.1, 0.15) is 11.4 Å². The molecule has 0 unspecified atom stereocenters. The maximum absolute atomic E-state index is 14.3. The normalized spacial score (nSPS) is 11.8. The van der Waals surface area contributed by atoms with Gasteiger partial charge in [-0.1, -0.05) is 48.5 Å². The molecule has 0 bridgehead atoms. The van der Waals surface area contributed by atoms with Gasteiger partial charge in [0, 0.05) is 45.4 Å². The van der Waals surface area contributed by atoms with Gasteiger partial charge in [0.25, 0.3) is 11.5 Å². The molecule has 0 saturated heterocycles. The van der Waals surface area contributed by atoms with Gasteiger partial charge in [-0.2, -0.15) is 0 Å². The van der Waals surface area contributed by atoms with Gasteiger partial charge in [0.15, 0.2) is 23.2 Å². The lowest BCUT2D eigenvalue weighted by molar-refractivity contribution is 0.0994. The van der Waals surface area contributed by atoms with Crippen molar-refractivity contribution < 1.29 is 9.59 Å². The summed E-state index contributed by atoms with van der Waals surface area (Å²) in [6, 6.07) is 28.4. The summed E-state index contributed by atoms with van der Waals surface area (Å²) < 4.78 is 1.50. The Kier molecular flexibility index (Phi) is 6.05. The number of thiophene rings is 2. The van der Waals surface area contributed by atoms with Crippen LogP contribution in [0.5, 0.6) is 0 Å². The average molecular weight is 648 g/mol. The van der Waals surface area contributed by atoms with Crippen LogP contribution in [0, 0.1) is 0 Å². The van der Waals surface area contributed by atoms with Gasteiger partial charge < -0.3 is 4.90 Å². The fourth-order valence-electron chi connectivity index (χ4n) is 6.40. The van der Waals surface area contributed by atoms with Crippen molar-refractivity contribution in [3.8, 4) is 21.1 Å². The molecular formula is C37H21N5O3S2. The SMILES string of the molecule is CN(C(=O)c1ccc2c(=O)n3c4nc(-c5cccs5)c(-c5cccs5)nc4nc3c3ccc(C=O)c1c23)c1ccc2ccccc2c1. The highest BCUT2D eigenvalue weighted by atomic mass is 32.1. The van der Waals surface area contributed by atoms with Crippen LogP contribution in [0.3, 0.4) is 0 Å². The highest BCUT2D eigenvalue weighted by molar-refractivity contribution is 7.14. The Morgan fingerprint density at radius 3 is 2.19 bits per heavy atom. The minimum absolute atomic E-state index is 0.303. The first kappa shape index (κ1) is 27.5. The standard InChI is InChI=1S/C37H21N5O3S2/c1-41(23-12-10-20-6-2-3-7-21(20)18-23)36(44)25-14-15-26-30-24(13-11-22(19-43)29(25)30)34-40-33-35(42(34)37(26)45)39-32(28-9-5-17-47-28)31(38-33)27-8-4-16-46-27/h2-19H,1H3. The highest BCUT2D eigenvalue weighted by Crippen LogP contribution is 2.38. The van der Waals surface area contributed by atoms with E-state index in [1.165, 1.54) is 4.40 Å². The van der Waals surface area contributed by atoms with Gasteiger partial charge in [-0.3, -0.25) is 14.4 Å². The summed E-state index contributed by atoms with van der Waals surface area (Å²) in [5.41, 5.74) is 3.42. The molecule has 0 N–H and O–H groups in total. The Morgan fingerprint density at radius 1 is 0.745 bits per heavy atom. The second-order valence-corrected chi connectivity index (χ2v) is 13.1. The van der Waals surface area contributed by atoms with Crippen molar-refractivity contribution in [1.82, 2.24) is 19.4 Å². The van der Waals surface area contributed by atoms with Crippen LogP contribution < -0.4 is 10.5 Å². The van der Waals surface area contributed by atoms with Gasteiger partial charge in [0.05, 0.1) is 9.75 Å². The first-order valence-electron chi connectivity index (χ1n) is 14.8. The molecule has 4 aromatic carbocycles. The highest BCUT2D eigenvalue weighted by Gasteiger charge is 2.26. The minimum atomic E-state index is -0.347. The number of aldehydes is 1. The molecule has 224 valence electrons. The minimum Gasteiger partial charge on any atom is -0.311 e. The van der Waals surface area contributed by atoms with E-state index in [0.29, 0.717) is 66.7 Å². The number of hydrogen-bond donors (Lipinski definition) is 0. The number of aromatic nitrogens is 4. The quantitative estimate of drug-likeness (QED) is 0.175. The third-order valence-electron chi connectivity index (χ3n) is 8.65. The molecule has 0 radical (unpaired) electrons. The van der Waals surface area contributed by atoms with Gasteiger partial charge >= 0.3 is 0 Å². The topological polar surface area (TPSA) is 97.5 Å². The Balaban J connectivity index is 1.30. The summed E-state index contributed by atoms with van der Waals surface area (Å²) >= 11 is 3.11. The van der Waals surface area contributed by atoms with Gasteiger partial charge in [-0.15, -0.1) is 22.7 Å². The maximum Gasteiger partial charge on any atom is 0.266 e. The molecule has 5 aromatic heterocycles. The zero-order valence-corrected chi connectivity index (χ0v) is 26.3. The van der Waals surface area contributed by atoms with Crippen LogP contribution in [0.4, 0.5) is 5.69 Å². The molecule has 0 aliphatic rings. The van der Waals surface area contributed by atoms with Crippen molar-refractivity contribution in [3.05, 3.63) is 123 Å². The number of anilines is 1. The molecule has 47 heavy (non-hydrogen) atoms. The van der Waals surface area contributed by atoms with Crippen LogP contribution in [0.2, 0.25) is 0 Å². The van der Waals surface area contributed by atoms with Crippen molar-refractivity contribution in [2.45, 2.75) is 0 Å². The molecule has 9 aromatic rings. The molecule has 0 atom stereocenters. The Bertz CT molecular complexity index is 2770. The lowest BCUT2D eigenvalue weighted by atomic mass is 9.93. The molecule has 1 amide bonds. The molecule has 8 nitrogen and oxygen atoms in total. The first-order chi connectivity index (χ1) is 23.0. The molecular weight excluding hydrogens is 627 g/mol. The number of nitrogens with zero attached hydrogens (tertiary/aromatic N) is 5. The van der Waals surface area contributed by atoms with Crippen LogP contribution in [0.15, 0.2) is 107 Å². The number of benzene rings is 4. The lowest BCUT2D eigenvalue weighted by Crippen LogP contribution is -2.27. The van der Waals surface area contributed by atoms with E-state index in [4.69, 9.17) is 15.0 Å². The number of rotatable bonds is 5. The Hall–Kier alpha value is -5.84. The molecule has 5 heterocycles. The number of carbonyl (C=O) groups is 2. The van der Waals surface area contributed by atoms with E-state index in [1.54, 1.807) is 58.9 Å². The molecule has 0 saturated carbocycles. The van der Waals surface area contributed by atoms with Crippen LogP contribution in [0.1, 0.15) is 20.7 Å².